The van der Waals surface area contributed by atoms with Crippen molar-refractivity contribution in [3.05, 3.63) is 29.8 Å². The van der Waals surface area contributed by atoms with Crippen molar-refractivity contribution in [3.63, 3.8) is 0 Å². The maximum Gasteiger partial charge on any atom is 0.247 e. The highest BCUT2D eigenvalue weighted by molar-refractivity contribution is 7.98. The molecular formula is C26H37N3O3S. The van der Waals surface area contributed by atoms with Gasteiger partial charge in [-0.3, -0.25) is 24.2 Å². The van der Waals surface area contributed by atoms with E-state index in [1.165, 1.54) is 29.7 Å². The van der Waals surface area contributed by atoms with Crippen molar-refractivity contribution in [2.75, 3.05) is 23.9 Å². The number of carbonyl (C=O) groups excluding carboxylic acids is 3. The van der Waals surface area contributed by atoms with E-state index in [0.29, 0.717) is 18.2 Å². The fraction of sp³-hybridized carbons (Fsp3) is 0.654. The molecule has 1 N–H and O–H groups in total. The third-order valence-corrected chi connectivity index (χ3v) is 8.28. The van der Waals surface area contributed by atoms with Gasteiger partial charge in [0.2, 0.25) is 17.7 Å². The van der Waals surface area contributed by atoms with E-state index < -0.39 is 6.04 Å². The highest BCUT2D eigenvalue weighted by Crippen LogP contribution is 2.39. The van der Waals surface area contributed by atoms with Crippen LogP contribution in [-0.4, -0.2) is 58.2 Å². The van der Waals surface area contributed by atoms with Gasteiger partial charge in [0.05, 0.1) is 11.8 Å². The largest absolute Gasteiger partial charge is 0.324 e. The minimum absolute atomic E-state index is 0.142. The molecule has 2 saturated heterocycles. The number of carbonyl (C=O) groups is 3. The van der Waals surface area contributed by atoms with Crippen molar-refractivity contribution in [1.29, 1.82) is 0 Å². The van der Waals surface area contributed by atoms with Gasteiger partial charge in [-0.05, 0) is 75.3 Å². The Morgan fingerprint density at radius 1 is 1.03 bits per heavy atom. The maximum atomic E-state index is 13.3. The van der Waals surface area contributed by atoms with Crippen molar-refractivity contribution < 1.29 is 14.4 Å². The topological polar surface area (TPSA) is 69.7 Å². The van der Waals surface area contributed by atoms with Crippen LogP contribution < -0.4 is 5.32 Å². The smallest absolute Gasteiger partial charge is 0.247 e. The average molecular weight is 472 g/mol. The zero-order chi connectivity index (χ0) is 23.4. The lowest BCUT2D eigenvalue weighted by molar-refractivity contribution is -0.146. The van der Waals surface area contributed by atoms with Crippen LogP contribution in [0.5, 0.6) is 0 Å². The van der Waals surface area contributed by atoms with Crippen LogP contribution in [0.15, 0.2) is 24.3 Å². The number of benzene rings is 1. The van der Waals surface area contributed by atoms with E-state index in [2.05, 4.69) is 29.3 Å². The molecule has 0 radical (unpaired) electrons. The molecular weight excluding hydrogens is 434 g/mol. The Labute approximate surface area is 201 Å². The normalized spacial score (nSPS) is 26.8. The van der Waals surface area contributed by atoms with E-state index in [0.717, 1.165) is 44.5 Å². The summed E-state index contributed by atoms with van der Waals surface area (Å²) in [6.07, 6.45) is 9.77. The summed E-state index contributed by atoms with van der Waals surface area (Å²) in [5.74, 6) is -0.285. The molecule has 3 aliphatic rings. The summed E-state index contributed by atoms with van der Waals surface area (Å²) in [6, 6.07) is 7.86. The quantitative estimate of drug-likeness (QED) is 0.573. The van der Waals surface area contributed by atoms with Gasteiger partial charge in [0, 0.05) is 18.3 Å². The molecule has 0 spiro atoms. The number of amides is 3. The number of hydrogen-bond donors (Lipinski definition) is 1. The lowest BCUT2D eigenvalue weighted by Crippen LogP contribution is -2.48. The monoisotopic (exact) mass is 471 g/mol. The second kappa shape index (κ2) is 11.0. The molecule has 4 rings (SSSR count). The molecule has 4 unspecified atom stereocenters. The molecule has 3 amide bonds. The van der Waals surface area contributed by atoms with Gasteiger partial charge in [0.25, 0.3) is 0 Å². The standard InChI is InChI=1S/C26H37N3O3S/c1-18-7-5-6-15-28(18)17-19-10-12-20(13-11-19)27-24(30)23(14-16-33-2)29-25(31)21-8-3-4-9-22(21)26(29)32/h10-13,18,21-23H,3-9,14-17H2,1-2H3,(H,27,30). The number of hydrogen-bond acceptors (Lipinski definition) is 5. The summed E-state index contributed by atoms with van der Waals surface area (Å²) in [4.78, 5) is 43.3. The predicted molar refractivity (Wildman–Crippen MR) is 133 cm³/mol. The Kier molecular flexibility index (Phi) is 8.12. The summed E-state index contributed by atoms with van der Waals surface area (Å²) in [7, 11) is 0. The van der Waals surface area contributed by atoms with Gasteiger partial charge in [-0.15, -0.1) is 0 Å². The summed E-state index contributed by atoms with van der Waals surface area (Å²) in [5, 5.41) is 2.98. The number of nitrogens with one attached hydrogen (secondary N) is 1. The van der Waals surface area contributed by atoms with E-state index in [1.54, 1.807) is 11.8 Å². The molecule has 7 heteroatoms. The van der Waals surface area contributed by atoms with Gasteiger partial charge >= 0.3 is 0 Å². The van der Waals surface area contributed by atoms with Crippen LogP contribution in [0.3, 0.4) is 0 Å². The summed E-state index contributed by atoms with van der Waals surface area (Å²) in [5.41, 5.74) is 1.94. The third-order valence-electron chi connectivity index (χ3n) is 7.63. The second-order valence-electron chi connectivity index (χ2n) is 9.84. The summed E-state index contributed by atoms with van der Waals surface area (Å²) >= 11 is 1.62. The molecule has 2 aliphatic heterocycles. The molecule has 4 atom stereocenters. The van der Waals surface area contributed by atoms with E-state index in [1.807, 2.05) is 18.4 Å². The van der Waals surface area contributed by atoms with Gasteiger partial charge in [-0.25, -0.2) is 0 Å². The molecule has 180 valence electrons. The SMILES string of the molecule is CSCCC(C(=O)Nc1ccc(CN2CCCCC2C)cc1)N1C(=O)C2CCCCC2C1=O. The van der Waals surface area contributed by atoms with Gasteiger partial charge < -0.3 is 5.32 Å². The van der Waals surface area contributed by atoms with Crippen LogP contribution in [0, 0.1) is 11.8 Å². The zero-order valence-corrected chi connectivity index (χ0v) is 20.7. The van der Waals surface area contributed by atoms with Crippen LogP contribution in [-0.2, 0) is 20.9 Å². The molecule has 1 aromatic carbocycles. The lowest BCUT2D eigenvalue weighted by Gasteiger charge is -2.33. The molecule has 3 fully saturated rings. The number of rotatable bonds is 8. The summed E-state index contributed by atoms with van der Waals surface area (Å²) < 4.78 is 0. The Bertz CT molecular complexity index is 835. The van der Waals surface area contributed by atoms with Crippen LogP contribution in [0.1, 0.15) is 63.9 Å². The molecule has 0 aromatic heterocycles. The van der Waals surface area contributed by atoms with E-state index >= 15 is 0 Å². The predicted octanol–water partition coefficient (Wildman–Crippen LogP) is 4.30. The minimum Gasteiger partial charge on any atom is -0.324 e. The molecule has 1 saturated carbocycles. The fourth-order valence-electron chi connectivity index (χ4n) is 5.65. The molecule has 0 bridgehead atoms. The first-order valence-electron chi connectivity index (χ1n) is 12.5. The first-order chi connectivity index (χ1) is 16.0. The molecule has 33 heavy (non-hydrogen) atoms. The van der Waals surface area contributed by atoms with Crippen molar-refractivity contribution in [2.24, 2.45) is 11.8 Å². The number of likely N-dealkylation sites (tertiary alicyclic amines) is 2. The average Bonchev–Trinajstić information content (AvgIpc) is 3.07. The Morgan fingerprint density at radius 3 is 2.27 bits per heavy atom. The Morgan fingerprint density at radius 2 is 1.67 bits per heavy atom. The highest BCUT2D eigenvalue weighted by atomic mass is 32.2. The molecule has 1 aromatic rings. The minimum atomic E-state index is -0.739. The second-order valence-corrected chi connectivity index (χ2v) is 10.8. The first kappa shape index (κ1) is 24.3. The van der Waals surface area contributed by atoms with Gasteiger partial charge in [0.15, 0.2) is 0 Å². The summed E-state index contributed by atoms with van der Waals surface area (Å²) in [6.45, 7) is 4.35. The van der Waals surface area contributed by atoms with E-state index in [4.69, 9.17) is 0 Å². The number of thioether (sulfide) groups is 1. The number of imide groups is 1. The van der Waals surface area contributed by atoms with Gasteiger partial charge in [0.1, 0.15) is 6.04 Å². The van der Waals surface area contributed by atoms with Crippen LogP contribution in [0.2, 0.25) is 0 Å². The Balaban J connectivity index is 1.43. The van der Waals surface area contributed by atoms with Crippen LogP contribution >= 0.6 is 11.8 Å². The zero-order valence-electron chi connectivity index (χ0n) is 19.9. The van der Waals surface area contributed by atoms with Gasteiger partial charge in [-0.1, -0.05) is 31.4 Å². The highest BCUT2D eigenvalue weighted by Gasteiger charge is 2.51. The van der Waals surface area contributed by atoms with Crippen LogP contribution in [0.4, 0.5) is 5.69 Å². The van der Waals surface area contributed by atoms with Crippen molar-refractivity contribution in [2.45, 2.75) is 76.9 Å². The third kappa shape index (κ3) is 5.46. The maximum absolute atomic E-state index is 13.3. The number of piperidine rings is 1. The fourth-order valence-corrected chi connectivity index (χ4v) is 6.11. The number of anilines is 1. The van der Waals surface area contributed by atoms with E-state index in [9.17, 15) is 14.4 Å². The first-order valence-corrected chi connectivity index (χ1v) is 13.9. The number of fused-ring (bicyclic) bond motifs is 1. The van der Waals surface area contributed by atoms with E-state index in [-0.39, 0.29) is 29.6 Å². The van der Waals surface area contributed by atoms with Crippen molar-refractivity contribution in [3.8, 4) is 0 Å². The Hall–Kier alpha value is -1.86. The van der Waals surface area contributed by atoms with Crippen molar-refractivity contribution in [1.82, 2.24) is 9.80 Å². The molecule has 6 nitrogen and oxygen atoms in total. The van der Waals surface area contributed by atoms with Gasteiger partial charge in [-0.2, -0.15) is 11.8 Å². The van der Waals surface area contributed by atoms with Crippen LogP contribution in [0.25, 0.3) is 0 Å². The lowest BCUT2D eigenvalue weighted by atomic mass is 9.81. The molecule has 2 heterocycles. The molecule has 1 aliphatic carbocycles. The number of nitrogens with zero attached hydrogens (tertiary/aromatic N) is 2. The van der Waals surface area contributed by atoms with Crippen molar-refractivity contribution >= 4 is 35.2 Å².